The highest BCUT2D eigenvalue weighted by atomic mass is 28.4. The van der Waals surface area contributed by atoms with Crippen LogP contribution in [0.25, 0.3) is 0 Å². The van der Waals surface area contributed by atoms with Gasteiger partial charge in [-0.3, -0.25) is 4.90 Å². The van der Waals surface area contributed by atoms with E-state index in [2.05, 4.69) is 50.4 Å². The van der Waals surface area contributed by atoms with Crippen LogP contribution >= 0.6 is 0 Å². The zero-order valence-electron chi connectivity index (χ0n) is 18.2. The number of benzene rings is 1. The number of fused-ring (bicyclic) bond motifs is 1. The first kappa shape index (κ1) is 22.3. The van der Waals surface area contributed by atoms with Crippen LogP contribution < -0.4 is 5.32 Å². The van der Waals surface area contributed by atoms with E-state index in [0.717, 1.165) is 24.7 Å². The molecule has 2 aliphatic heterocycles. The third-order valence-corrected chi connectivity index (χ3v) is 11.6. The van der Waals surface area contributed by atoms with Gasteiger partial charge in [0.05, 0.1) is 39.0 Å². The SMILES string of the molecule is CC[Si](CC)(CC)OC[C@H]1[C@@H](NCc2ccccc2)[C@H]2COC[C@H]2N1C(=O)OC. The minimum Gasteiger partial charge on any atom is -0.453 e. The molecule has 0 radical (unpaired) electrons. The maximum atomic E-state index is 12.7. The van der Waals surface area contributed by atoms with Gasteiger partial charge < -0.3 is 19.2 Å². The molecule has 1 N–H and O–H groups in total. The van der Waals surface area contributed by atoms with Gasteiger partial charge in [0.15, 0.2) is 8.32 Å². The molecule has 2 saturated heterocycles. The Kier molecular flexibility index (Phi) is 7.73. The number of amides is 1. The number of carbonyl (C=O) groups excluding carboxylic acids is 1. The van der Waals surface area contributed by atoms with Crippen LogP contribution in [-0.2, 0) is 20.4 Å². The number of hydrogen-bond acceptors (Lipinski definition) is 5. The molecule has 0 bridgehead atoms. The highest BCUT2D eigenvalue weighted by Crippen LogP contribution is 2.36. The molecule has 0 spiro atoms. The van der Waals surface area contributed by atoms with Crippen LogP contribution in [0.1, 0.15) is 26.3 Å². The molecule has 29 heavy (non-hydrogen) atoms. The van der Waals surface area contributed by atoms with Crippen molar-refractivity contribution in [3.63, 3.8) is 0 Å². The summed E-state index contributed by atoms with van der Waals surface area (Å²) in [5.41, 5.74) is 1.23. The minimum atomic E-state index is -1.75. The quantitative estimate of drug-likeness (QED) is 0.618. The lowest BCUT2D eigenvalue weighted by atomic mass is 9.96. The number of nitrogens with zero attached hydrogens (tertiary/aromatic N) is 1. The zero-order chi connectivity index (χ0) is 20.9. The molecule has 1 aromatic carbocycles. The van der Waals surface area contributed by atoms with Gasteiger partial charge in [-0.25, -0.2) is 4.79 Å². The number of methoxy groups -OCH3 is 1. The molecule has 7 heteroatoms. The highest BCUT2D eigenvalue weighted by molar-refractivity contribution is 6.73. The molecule has 2 fully saturated rings. The summed E-state index contributed by atoms with van der Waals surface area (Å²) >= 11 is 0. The number of carbonyl (C=O) groups is 1. The van der Waals surface area contributed by atoms with Gasteiger partial charge in [0.25, 0.3) is 0 Å². The van der Waals surface area contributed by atoms with E-state index in [0.29, 0.717) is 19.8 Å². The van der Waals surface area contributed by atoms with Crippen molar-refractivity contribution in [2.75, 3.05) is 26.9 Å². The summed E-state index contributed by atoms with van der Waals surface area (Å²) in [7, 11) is -0.293. The fourth-order valence-electron chi connectivity index (χ4n) is 4.89. The average molecular weight is 421 g/mol. The van der Waals surface area contributed by atoms with E-state index in [1.54, 1.807) is 0 Å². The van der Waals surface area contributed by atoms with Crippen LogP contribution in [0.5, 0.6) is 0 Å². The lowest BCUT2D eigenvalue weighted by Crippen LogP contribution is -2.52. The molecule has 0 saturated carbocycles. The first-order chi connectivity index (χ1) is 14.1. The van der Waals surface area contributed by atoms with Gasteiger partial charge in [-0.2, -0.15) is 0 Å². The molecular formula is C22H36N2O4Si. The second kappa shape index (κ2) is 10.1. The smallest absolute Gasteiger partial charge is 0.410 e. The summed E-state index contributed by atoms with van der Waals surface area (Å²) in [5.74, 6) is 0.257. The molecule has 162 valence electrons. The number of likely N-dealkylation sites (tertiary alicyclic amines) is 1. The van der Waals surface area contributed by atoms with Crippen molar-refractivity contribution in [2.24, 2.45) is 5.92 Å². The van der Waals surface area contributed by atoms with E-state index < -0.39 is 8.32 Å². The maximum Gasteiger partial charge on any atom is 0.410 e. The monoisotopic (exact) mass is 420 g/mol. The Balaban J connectivity index is 1.80. The van der Waals surface area contributed by atoms with Crippen LogP contribution in [0.15, 0.2) is 30.3 Å². The number of nitrogens with one attached hydrogen (secondary N) is 1. The van der Waals surface area contributed by atoms with E-state index in [4.69, 9.17) is 13.9 Å². The van der Waals surface area contributed by atoms with Crippen LogP contribution in [0.4, 0.5) is 4.79 Å². The normalized spacial score (nSPS) is 26.6. The topological polar surface area (TPSA) is 60.0 Å². The van der Waals surface area contributed by atoms with Gasteiger partial charge in [0.1, 0.15) is 0 Å². The van der Waals surface area contributed by atoms with Crippen LogP contribution in [0, 0.1) is 5.92 Å². The first-order valence-electron chi connectivity index (χ1n) is 10.9. The summed E-state index contributed by atoms with van der Waals surface area (Å²) in [4.78, 5) is 14.6. The molecule has 2 aliphatic rings. The van der Waals surface area contributed by atoms with E-state index in [1.165, 1.54) is 12.7 Å². The van der Waals surface area contributed by atoms with Gasteiger partial charge in [0, 0.05) is 18.5 Å². The first-order valence-corrected chi connectivity index (χ1v) is 13.5. The summed E-state index contributed by atoms with van der Waals surface area (Å²) in [6, 6.07) is 13.8. The van der Waals surface area contributed by atoms with E-state index >= 15 is 0 Å². The predicted molar refractivity (Wildman–Crippen MR) is 116 cm³/mol. The Morgan fingerprint density at radius 2 is 1.86 bits per heavy atom. The van der Waals surface area contributed by atoms with Crippen molar-refractivity contribution in [1.82, 2.24) is 10.2 Å². The largest absolute Gasteiger partial charge is 0.453 e. The highest BCUT2D eigenvalue weighted by Gasteiger charge is 2.54. The Morgan fingerprint density at radius 3 is 2.48 bits per heavy atom. The maximum absolute atomic E-state index is 12.7. The Bertz CT molecular complexity index is 647. The molecule has 2 heterocycles. The van der Waals surface area contributed by atoms with E-state index in [9.17, 15) is 4.79 Å². The van der Waals surface area contributed by atoms with Crippen LogP contribution in [0.3, 0.4) is 0 Å². The van der Waals surface area contributed by atoms with Gasteiger partial charge in [0.2, 0.25) is 0 Å². The standard InChI is InChI=1S/C22H36N2O4Si/c1-5-29(6-2,7-3)28-16-20-21(23-13-17-11-9-8-10-12-17)18-14-27-15-19(18)24(20)22(25)26-4/h8-12,18-21,23H,5-7,13-16H2,1-4H3/t18-,19+,20-,21-/m0/s1. The van der Waals surface area contributed by atoms with E-state index in [-0.39, 0.29) is 30.1 Å². The summed E-state index contributed by atoms with van der Waals surface area (Å²) in [5, 5.41) is 3.72. The number of hydrogen-bond donors (Lipinski definition) is 1. The number of ether oxygens (including phenoxy) is 2. The Labute approximate surface area is 176 Å². The third kappa shape index (κ3) is 4.68. The van der Waals surface area contributed by atoms with Crippen molar-refractivity contribution in [3.8, 4) is 0 Å². The minimum absolute atomic E-state index is 0.0402. The van der Waals surface area contributed by atoms with Gasteiger partial charge >= 0.3 is 6.09 Å². The third-order valence-electron chi connectivity index (χ3n) is 6.95. The molecule has 1 aromatic rings. The Hall–Kier alpha value is -1.41. The molecular weight excluding hydrogens is 384 g/mol. The van der Waals surface area contributed by atoms with Crippen molar-refractivity contribution in [1.29, 1.82) is 0 Å². The average Bonchev–Trinajstić information content (AvgIpc) is 3.34. The van der Waals surface area contributed by atoms with Crippen molar-refractivity contribution in [2.45, 2.75) is 63.6 Å². The summed E-state index contributed by atoms with van der Waals surface area (Å²) < 4.78 is 17.6. The fraction of sp³-hybridized carbons (Fsp3) is 0.682. The second-order valence-corrected chi connectivity index (χ2v) is 12.9. The second-order valence-electron chi connectivity index (χ2n) is 8.16. The lowest BCUT2D eigenvalue weighted by molar-refractivity contribution is 0.0651. The molecule has 1 amide bonds. The summed E-state index contributed by atoms with van der Waals surface area (Å²) in [6.07, 6.45) is -0.278. The van der Waals surface area contributed by atoms with Gasteiger partial charge in [-0.15, -0.1) is 0 Å². The fourth-order valence-corrected chi connectivity index (χ4v) is 7.53. The predicted octanol–water partition coefficient (Wildman–Crippen LogP) is 3.63. The van der Waals surface area contributed by atoms with Crippen molar-refractivity contribution >= 4 is 14.4 Å². The van der Waals surface area contributed by atoms with E-state index in [1.807, 2.05) is 11.0 Å². The van der Waals surface area contributed by atoms with Crippen LogP contribution in [-0.4, -0.2) is 64.4 Å². The molecule has 3 rings (SSSR count). The molecule has 6 nitrogen and oxygen atoms in total. The van der Waals surface area contributed by atoms with Crippen molar-refractivity contribution < 1.29 is 18.7 Å². The summed E-state index contributed by atoms with van der Waals surface area (Å²) in [6.45, 7) is 9.27. The van der Waals surface area contributed by atoms with Crippen LogP contribution in [0.2, 0.25) is 18.1 Å². The Morgan fingerprint density at radius 1 is 1.17 bits per heavy atom. The zero-order valence-corrected chi connectivity index (χ0v) is 19.2. The van der Waals surface area contributed by atoms with Crippen molar-refractivity contribution in [3.05, 3.63) is 35.9 Å². The molecule has 0 aromatic heterocycles. The molecule has 0 aliphatic carbocycles. The molecule has 4 atom stereocenters. The van der Waals surface area contributed by atoms with Gasteiger partial charge in [-0.05, 0) is 23.7 Å². The lowest BCUT2D eigenvalue weighted by Gasteiger charge is -2.35. The van der Waals surface area contributed by atoms with Gasteiger partial charge in [-0.1, -0.05) is 51.1 Å². The number of rotatable bonds is 9. The molecule has 0 unspecified atom stereocenters.